The summed E-state index contributed by atoms with van der Waals surface area (Å²) < 4.78 is 10.3. The number of hydrogen-bond acceptors (Lipinski definition) is 3. The Morgan fingerprint density at radius 2 is 1.80 bits per heavy atom. The van der Waals surface area contributed by atoms with Crippen LogP contribution in [0.4, 0.5) is 0 Å². The molecule has 0 aromatic rings. The molecule has 0 aromatic carbocycles. The van der Waals surface area contributed by atoms with Crippen LogP contribution in [0.5, 0.6) is 0 Å². The van der Waals surface area contributed by atoms with Gasteiger partial charge in [-0.05, 0) is 13.8 Å². The number of carboxylic acid groups (broad SMARTS) is 1. The van der Waals surface area contributed by atoms with Gasteiger partial charge in [0.05, 0.1) is 0 Å². The van der Waals surface area contributed by atoms with Crippen LogP contribution >= 0.6 is 0 Å². The Balaban J connectivity index is 4.28. The van der Waals surface area contributed by atoms with Crippen LogP contribution in [0.3, 0.4) is 0 Å². The Labute approximate surface area is 91.9 Å². The molecular formula is C9H17NO4S. The van der Waals surface area contributed by atoms with Crippen molar-refractivity contribution in [1.29, 1.82) is 0 Å². The van der Waals surface area contributed by atoms with Gasteiger partial charge in [0, 0.05) is 37.1 Å². The molecule has 0 aliphatic heterocycles. The van der Waals surface area contributed by atoms with Gasteiger partial charge in [0.1, 0.15) is 4.75 Å². The van der Waals surface area contributed by atoms with Crippen LogP contribution in [0.1, 0.15) is 20.3 Å². The van der Waals surface area contributed by atoms with Crippen LogP contribution in [-0.2, 0) is 20.4 Å². The van der Waals surface area contributed by atoms with E-state index in [4.69, 9.17) is 5.11 Å². The fourth-order valence-electron chi connectivity index (χ4n) is 0.756. The second-order valence-electron chi connectivity index (χ2n) is 3.90. The van der Waals surface area contributed by atoms with Gasteiger partial charge in [0.2, 0.25) is 5.91 Å². The first-order valence-corrected chi connectivity index (χ1v) is 5.83. The Hall–Kier alpha value is -0.910. The minimum atomic E-state index is -1.54. The second kappa shape index (κ2) is 5.25. The van der Waals surface area contributed by atoms with E-state index in [2.05, 4.69) is 0 Å². The lowest BCUT2D eigenvalue weighted by Gasteiger charge is -2.18. The molecule has 1 unspecified atom stereocenters. The first-order valence-electron chi connectivity index (χ1n) is 4.51. The molecule has 15 heavy (non-hydrogen) atoms. The summed E-state index contributed by atoms with van der Waals surface area (Å²) in [6.45, 7) is 2.79. The maximum absolute atomic E-state index is 11.6. The van der Waals surface area contributed by atoms with E-state index in [0.29, 0.717) is 0 Å². The molecule has 0 saturated carbocycles. The SMILES string of the molecule is CN(C)C(=O)CCS(=O)C(C)(C)C(=O)O. The molecule has 0 fully saturated rings. The van der Waals surface area contributed by atoms with Crippen molar-refractivity contribution in [2.45, 2.75) is 25.0 Å². The van der Waals surface area contributed by atoms with E-state index < -0.39 is 21.5 Å². The van der Waals surface area contributed by atoms with E-state index in [0.717, 1.165) is 0 Å². The summed E-state index contributed by atoms with van der Waals surface area (Å²) in [6, 6.07) is 0. The lowest BCUT2D eigenvalue weighted by Crippen LogP contribution is -2.38. The summed E-state index contributed by atoms with van der Waals surface area (Å²) >= 11 is 0. The fourth-order valence-corrected chi connectivity index (χ4v) is 1.82. The third kappa shape index (κ3) is 3.99. The van der Waals surface area contributed by atoms with Crippen LogP contribution in [-0.4, -0.2) is 50.7 Å². The highest BCUT2D eigenvalue weighted by Gasteiger charge is 2.34. The largest absolute Gasteiger partial charge is 0.480 e. The van der Waals surface area contributed by atoms with Crippen LogP contribution in [0.2, 0.25) is 0 Å². The lowest BCUT2D eigenvalue weighted by molar-refractivity contribution is -0.139. The average Bonchev–Trinajstić information content (AvgIpc) is 2.12. The molecule has 0 aliphatic carbocycles. The minimum absolute atomic E-state index is 0.0797. The molecule has 0 heterocycles. The van der Waals surface area contributed by atoms with Crippen LogP contribution < -0.4 is 0 Å². The van der Waals surface area contributed by atoms with Gasteiger partial charge >= 0.3 is 5.97 Å². The molecular weight excluding hydrogens is 218 g/mol. The third-order valence-corrected chi connectivity index (χ3v) is 3.97. The molecule has 5 nitrogen and oxygen atoms in total. The van der Waals surface area contributed by atoms with Crippen molar-refractivity contribution in [1.82, 2.24) is 4.90 Å². The number of carbonyl (C=O) groups excluding carboxylic acids is 1. The summed E-state index contributed by atoms with van der Waals surface area (Å²) in [5, 5.41) is 8.80. The van der Waals surface area contributed by atoms with Crippen molar-refractivity contribution in [2.75, 3.05) is 19.8 Å². The highest BCUT2D eigenvalue weighted by atomic mass is 32.2. The molecule has 0 bridgehead atoms. The lowest BCUT2D eigenvalue weighted by atomic mass is 10.2. The predicted octanol–water partition coefficient (Wildman–Crippen LogP) is 0.0766. The highest BCUT2D eigenvalue weighted by molar-refractivity contribution is 7.87. The number of hydrogen-bond donors (Lipinski definition) is 1. The zero-order chi connectivity index (χ0) is 12.2. The summed E-state index contributed by atoms with van der Waals surface area (Å²) in [6.07, 6.45) is 0.107. The molecule has 0 spiro atoms. The van der Waals surface area contributed by atoms with E-state index in [1.165, 1.54) is 18.7 Å². The molecule has 1 N–H and O–H groups in total. The van der Waals surface area contributed by atoms with Gasteiger partial charge in [0.15, 0.2) is 0 Å². The number of carbonyl (C=O) groups is 2. The molecule has 6 heteroatoms. The minimum Gasteiger partial charge on any atom is -0.480 e. The van der Waals surface area contributed by atoms with E-state index in [9.17, 15) is 13.8 Å². The summed E-state index contributed by atoms with van der Waals surface area (Å²) in [7, 11) is 1.66. The van der Waals surface area contributed by atoms with Crippen LogP contribution in [0.15, 0.2) is 0 Å². The Kier molecular flexibility index (Phi) is 4.93. The first kappa shape index (κ1) is 14.1. The van der Waals surface area contributed by atoms with E-state index in [1.807, 2.05) is 0 Å². The van der Waals surface area contributed by atoms with Gasteiger partial charge in [-0.3, -0.25) is 13.8 Å². The van der Waals surface area contributed by atoms with Gasteiger partial charge in [-0.25, -0.2) is 0 Å². The Morgan fingerprint density at radius 1 is 1.33 bits per heavy atom. The summed E-state index contributed by atoms with van der Waals surface area (Å²) in [5.41, 5.74) is 0. The Morgan fingerprint density at radius 3 is 2.13 bits per heavy atom. The van der Waals surface area contributed by atoms with Crippen molar-refractivity contribution in [3.05, 3.63) is 0 Å². The number of nitrogens with zero attached hydrogens (tertiary/aromatic N) is 1. The molecule has 1 amide bonds. The Bertz CT molecular complexity index is 286. The molecule has 0 rings (SSSR count). The fraction of sp³-hybridized carbons (Fsp3) is 0.778. The summed E-state index contributed by atoms with van der Waals surface area (Å²) in [4.78, 5) is 23.3. The monoisotopic (exact) mass is 235 g/mol. The predicted molar refractivity (Wildman–Crippen MR) is 58.0 cm³/mol. The van der Waals surface area contributed by atoms with Gasteiger partial charge in [0.25, 0.3) is 0 Å². The van der Waals surface area contributed by atoms with Crippen molar-refractivity contribution < 1.29 is 18.9 Å². The van der Waals surface area contributed by atoms with Crippen molar-refractivity contribution >= 4 is 22.7 Å². The molecule has 0 saturated heterocycles. The average molecular weight is 235 g/mol. The summed E-state index contributed by atoms with van der Waals surface area (Å²) in [5.74, 6) is -1.18. The quantitative estimate of drug-likeness (QED) is 0.732. The van der Waals surface area contributed by atoms with Crippen molar-refractivity contribution in [3.8, 4) is 0 Å². The topological polar surface area (TPSA) is 74.7 Å². The number of amides is 1. The standard InChI is InChI=1S/C9H17NO4S/c1-9(2,8(12)13)15(14)6-5-7(11)10(3)4/h5-6H2,1-4H3,(H,12,13). The first-order chi connectivity index (χ1) is 6.69. The van der Waals surface area contributed by atoms with Gasteiger partial charge < -0.3 is 10.0 Å². The highest BCUT2D eigenvalue weighted by Crippen LogP contribution is 2.14. The van der Waals surface area contributed by atoms with E-state index >= 15 is 0 Å². The second-order valence-corrected chi connectivity index (χ2v) is 6.02. The van der Waals surface area contributed by atoms with Crippen LogP contribution in [0.25, 0.3) is 0 Å². The molecule has 1 atom stereocenters. The van der Waals surface area contributed by atoms with Gasteiger partial charge in [-0.1, -0.05) is 0 Å². The number of aliphatic carboxylic acids is 1. The normalized spacial score (nSPS) is 13.3. The van der Waals surface area contributed by atoms with Gasteiger partial charge in [-0.15, -0.1) is 0 Å². The number of rotatable bonds is 5. The molecule has 0 aliphatic rings. The maximum Gasteiger partial charge on any atom is 0.321 e. The zero-order valence-corrected chi connectivity index (χ0v) is 10.3. The molecule has 0 aromatic heterocycles. The molecule has 0 radical (unpaired) electrons. The van der Waals surface area contributed by atoms with Crippen molar-refractivity contribution in [2.24, 2.45) is 0 Å². The van der Waals surface area contributed by atoms with E-state index in [1.54, 1.807) is 14.1 Å². The van der Waals surface area contributed by atoms with Crippen molar-refractivity contribution in [3.63, 3.8) is 0 Å². The maximum atomic E-state index is 11.6. The third-order valence-electron chi connectivity index (χ3n) is 2.08. The smallest absolute Gasteiger partial charge is 0.321 e. The zero-order valence-electron chi connectivity index (χ0n) is 9.44. The van der Waals surface area contributed by atoms with E-state index in [-0.39, 0.29) is 18.1 Å². The van der Waals surface area contributed by atoms with Gasteiger partial charge in [-0.2, -0.15) is 0 Å². The number of carboxylic acids is 1. The molecule has 88 valence electrons. The van der Waals surface area contributed by atoms with Crippen LogP contribution in [0, 0.1) is 0 Å².